The smallest absolute Gasteiger partial charge is 0.0999 e. The van der Waals surface area contributed by atoms with Gasteiger partial charge in [-0.2, -0.15) is 0 Å². The Bertz CT molecular complexity index is 411. The second-order valence-electron chi connectivity index (χ2n) is 5.56. The molecule has 1 saturated carbocycles. The van der Waals surface area contributed by atoms with Crippen LogP contribution in [0.25, 0.3) is 0 Å². The molecule has 100 valence electrons. The molecule has 0 spiro atoms. The van der Waals surface area contributed by atoms with Gasteiger partial charge < -0.3 is 10.1 Å². The van der Waals surface area contributed by atoms with Crippen molar-refractivity contribution in [2.24, 2.45) is 5.92 Å². The minimum absolute atomic E-state index is 0.574. The topological polar surface area (TPSA) is 52.0 Å². The van der Waals surface area contributed by atoms with E-state index in [0.29, 0.717) is 12.0 Å². The van der Waals surface area contributed by atoms with E-state index in [1.165, 1.54) is 12.1 Å². The van der Waals surface area contributed by atoms with Crippen LogP contribution in [-0.2, 0) is 11.3 Å². The number of hydrogen-bond donors (Lipinski definition) is 1. The SMILES string of the molecule is CNCc1nnn(C2CC2C)c1C1CCOCC1. The number of nitrogens with one attached hydrogen (secondary N) is 1. The highest BCUT2D eigenvalue weighted by atomic mass is 16.5. The Morgan fingerprint density at radius 2 is 2.11 bits per heavy atom. The molecule has 2 unspecified atom stereocenters. The van der Waals surface area contributed by atoms with Crippen molar-refractivity contribution in [2.45, 2.75) is 44.7 Å². The van der Waals surface area contributed by atoms with Gasteiger partial charge >= 0.3 is 0 Å². The highest BCUT2D eigenvalue weighted by Crippen LogP contribution is 2.44. The molecular formula is C13H22N4O. The summed E-state index contributed by atoms with van der Waals surface area (Å²) in [6, 6.07) is 0.584. The number of aromatic nitrogens is 3. The standard InChI is InChI=1S/C13H22N4O/c1-9-7-12(9)17-13(10-3-5-18-6-4-10)11(8-14-2)15-16-17/h9-10,12,14H,3-8H2,1-2H3. The van der Waals surface area contributed by atoms with Crippen molar-refractivity contribution in [1.82, 2.24) is 20.3 Å². The van der Waals surface area contributed by atoms with Gasteiger partial charge in [0.05, 0.1) is 17.4 Å². The maximum Gasteiger partial charge on any atom is 0.0999 e. The molecule has 2 fully saturated rings. The lowest BCUT2D eigenvalue weighted by Gasteiger charge is -2.23. The van der Waals surface area contributed by atoms with Gasteiger partial charge in [-0.05, 0) is 32.2 Å². The fourth-order valence-corrected chi connectivity index (χ4v) is 2.91. The molecule has 2 atom stereocenters. The lowest BCUT2D eigenvalue weighted by molar-refractivity contribution is 0.0832. The summed E-state index contributed by atoms with van der Waals surface area (Å²) in [5.74, 6) is 1.33. The summed E-state index contributed by atoms with van der Waals surface area (Å²) in [5.41, 5.74) is 2.49. The molecule has 1 N–H and O–H groups in total. The van der Waals surface area contributed by atoms with Crippen LogP contribution in [0.1, 0.15) is 49.5 Å². The van der Waals surface area contributed by atoms with Crippen LogP contribution < -0.4 is 5.32 Å². The van der Waals surface area contributed by atoms with Crippen molar-refractivity contribution >= 4 is 0 Å². The van der Waals surface area contributed by atoms with E-state index in [1.807, 2.05) is 7.05 Å². The minimum Gasteiger partial charge on any atom is -0.381 e. The van der Waals surface area contributed by atoms with E-state index < -0.39 is 0 Å². The Labute approximate surface area is 108 Å². The summed E-state index contributed by atoms with van der Waals surface area (Å²) in [6.45, 7) is 4.84. The molecule has 1 aliphatic heterocycles. The van der Waals surface area contributed by atoms with Crippen LogP contribution >= 0.6 is 0 Å². The molecular weight excluding hydrogens is 228 g/mol. The summed E-state index contributed by atoms with van der Waals surface area (Å²) >= 11 is 0. The summed E-state index contributed by atoms with van der Waals surface area (Å²) in [7, 11) is 1.96. The predicted molar refractivity (Wildman–Crippen MR) is 68.4 cm³/mol. The van der Waals surface area contributed by atoms with Crippen LogP contribution in [0.15, 0.2) is 0 Å². The van der Waals surface area contributed by atoms with Gasteiger partial charge in [0.15, 0.2) is 0 Å². The Kier molecular flexibility index (Phi) is 3.35. The highest BCUT2D eigenvalue weighted by molar-refractivity contribution is 5.18. The first kappa shape index (κ1) is 12.1. The largest absolute Gasteiger partial charge is 0.381 e. The van der Waals surface area contributed by atoms with Gasteiger partial charge in [-0.3, -0.25) is 0 Å². The molecule has 1 saturated heterocycles. The van der Waals surface area contributed by atoms with E-state index in [9.17, 15) is 0 Å². The van der Waals surface area contributed by atoms with Crippen molar-refractivity contribution < 1.29 is 4.74 Å². The number of rotatable bonds is 4. The van der Waals surface area contributed by atoms with Crippen molar-refractivity contribution in [2.75, 3.05) is 20.3 Å². The second kappa shape index (κ2) is 4.97. The summed E-state index contributed by atoms with van der Waals surface area (Å²) in [5, 5.41) is 12.0. The fraction of sp³-hybridized carbons (Fsp3) is 0.846. The van der Waals surface area contributed by atoms with Crippen molar-refractivity contribution in [3.63, 3.8) is 0 Å². The van der Waals surface area contributed by atoms with Crippen molar-refractivity contribution in [3.05, 3.63) is 11.4 Å². The van der Waals surface area contributed by atoms with Crippen LogP contribution in [0.5, 0.6) is 0 Å². The molecule has 2 aliphatic rings. The van der Waals surface area contributed by atoms with Crippen LogP contribution in [0.4, 0.5) is 0 Å². The van der Waals surface area contributed by atoms with Gasteiger partial charge in [-0.25, -0.2) is 4.68 Å². The lowest BCUT2D eigenvalue weighted by Crippen LogP contribution is -2.20. The molecule has 18 heavy (non-hydrogen) atoms. The zero-order valence-corrected chi connectivity index (χ0v) is 11.2. The van der Waals surface area contributed by atoms with Crippen LogP contribution in [0.3, 0.4) is 0 Å². The third-order valence-electron chi connectivity index (χ3n) is 4.14. The maximum atomic E-state index is 5.47. The Morgan fingerprint density at radius 3 is 2.72 bits per heavy atom. The van der Waals surface area contributed by atoms with Crippen molar-refractivity contribution in [3.8, 4) is 0 Å². The molecule has 1 aliphatic carbocycles. The van der Waals surface area contributed by atoms with Crippen molar-refractivity contribution in [1.29, 1.82) is 0 Å². The summed E-state index contributed by atoms with van der Waals surface area (Å²) < 4.78 is 7.67. The minimum atomic E-state index is 0.574. The number of ether oxygens (including phenoxy) is 1. The van der Waals surface area contributed by atoms with E-state index in [-0.39, 0.29) is 0 Å². The molecule has 1 aromatic heterocycles. The Morgan fingerprint density at radius 1 is 1.39 bits per heavy atom. The first-order chi connectivity index (χ1) is 8.81. The Balaban J connectivity index is 1.89. The molecule has 5 nitrogen and oxygen atoms in total. The molecule has 5 heteroatoms. The van der Waals surface area contributed by atoms with E-state index in [0.717, 1.165) is 44.2 Å². The average molecular weight is 250 g/mol. The quantitative estimate of drug-likeness (QED) is 0.879. The van der Waals surface area contributed by atoms with Gasteiger partial charge in [-0.15, -0.1) is 5.10 Å². The zero-order chi connectivity index (χ0) is 12.5. The third kappa shape index (κ3) is 2.17. The van der Waals surface area contributed by atoms with Gasteiger partial charge in [0.1, 0.15) is 0 Å². The average Bonchev–Trinajstić information content (AvgIpc) is 2.98. The van der Waals surface area contributed by atoms with Gasteiger partial charge in [0, 0.05) is 25.7 Å². The molecule has 0 radical (unpaired) electrons. The first-order valence-electron chi connectivity index (χ1n) is 6.97. The monoisotopic (exact) mass is 250 g/mol. The van der Waals surface area contributed by atoms with E-state index in [1.54, 1.807) is 0 Å². The number of hydrogen-bond acceptors (Lipinski definition) is 4. The molecule has 1 aromatic rings. The van der Waals surface area contributed by atoms with Gasteiger partial charge in [0.25, 0.3) is 0 Å². The van der Waals surface area contributed by atoms with Gasteiger partial charge in [-0.1, -0.05) is 12.1 Å². The van der Waals surface area contributed by atoms with E-state index >= 15 is 0 Å². The molecule has 3 rings (SSSR count). The van der Waals surface area contributed by atoms with E-state index in [4.69, 9.17) is 4.74 Å². The molecule has 0 aromatic carbocycles. The zero-order valence-electron chi connectivity index (χ0n) is 11.2. The molecule has 0 bridgehead atoms. The van der Waals surface area contributed by atoms with Gasteiger partial charge in [0.2, 0.25) is 0 Å². The lowest BCUT2D eigenvalue weighted by atomic mass is 9.94. The predicted octanol–water partition coefficient (Wildman–Crippen LogP) is 1.47. The van der Waals surface area contributed by atoms with E-state index in [2.05, 4.69) is 27.2 Å². The summed E-state index contributed by atoms with van der Waals surface area (Å²) in [4.78, 5) is 0. The maximum absolute atomic E-state index is 5.47. The molecule has 2 heterocycles. The first-order valence-corrected chi connectivity index (χ1v) is 6.97. The third-order valence-corrected chi connectivity index (χ3v) is 4.14. The highest BCUT2D eigenvalue weighted by Gasteiger charge is 2.39. The fourth-order valence-electron chi connectivity index (χ4n) is 2.91. The number of nitrogens with zero attached hydrogens (tertiary/aromatic N) is 3. The second-order valence-corrected chi connectivity index (χ2v) is 5.56. The normalized spacial score (nSPS) is 28.6. The van der Waals surface area contributed by atoms with Crippen LogP contribution in [0, 0.1) is 5.92 Å². The molecule has 0 amide bonds. The van der Waals surface area contributed by atoms with Crippen LogP contribution in [0.2, 0.25) is 0 Å². The summed E-state index contributed by atoms with van der Waals surface area (Å²) in [6.07, 6.45) is 3.45. The Hall–Kier alpha value is -0.940. The van der Waals surface area contributed by atoms with Crippen LogP contribution in [-0.4, -0.2) is 35.3 Å².